The third-order valence-electron chi connectivity index (χ3n) is 0. The second-order valence-corrected chi connectivity index (χ2v) is 0.251. The number of hydrogen-bond acceptors (Lipinski definition) is 5. The molecule has 0 aliphatic heterocycles. The van der Waals surface area contributed by atoms with Crippen LogP contribution in [0.3, 0.4) is 0 Å². The molecule has 0 aliphatic rings. The van der Waals surface area contributed by atoms with E-state index in [2.05, 4.69) is 0 Å². The van der Waals surface area contributed by atoms with Crippen molar-refractivity contribution < 1.29 is 42.2 Å². The monoisotopic (exact) mass is 212 g/mol. The van der Waals surface area contributed by atoms with Gasteiger partial charge in [-0.1, -0.05) is 0 Å². The van der Waals surface area contributed by atoms with Crippen LogP contribution in [0.2, 0.25) is 0 Å². The second kappa shape index (κ2) is 197000. The summed E-state index contributed by atoms with van der Waals surface area (Å²) in [6, 6.07) is 0. The van der Waals surface area contributed by atoms with Crippen LogP contribution >= 0.6 is 0 Å². The Hall–Kier alpha value is -1.05. The Kier molecular flexibility index (Phi) is 584000. The summed E-state index contributed by atoms with van der Waals surface area (Å²) in [6.07, 6.45) is 0. The molecule has 0 aromatic heterocycles. The van der Waals surface area contributed by atoms with E-state index in [-0.39, 0.29) is 0 Å². The molecule has 0 aliphatic carbocycles. The first kappa shape index (κ1) is 32.5. The average Bonchev–Trinajstić information content (AvgIpc) is 2.18. The molecule has 0 amide bonds. The fourth-order valence-corrected chi connectivity index (χ4v) is 0. The van der Waals surface area contributed by atoms with Crippen LogP contribution < -0.4 is 0 Å². The molecule has 0 aromatic rings. The molecule has 11 heavy (non-hydrogen) atoms. The molecule has 0 spiro atoms. The maximum absolute atomic E-state index is 8.45. The van der Waals surface area contributed by atoms with Crippen LogP contribution in [0.4, 0.5) is 0 Å². The first-order chi connectivity index (χ1) is 5.41. The van der Waals surface area contributed by atoms with Gasteiger partial charge in [0.25, 0.3) is 0 Å². The van der Waals surface area contributed by atoms with Gasteiger partial charge in [0.15, 0.2) is 0 Å². The van der Waals surface area contributed by atoms with Crippen molar-refractivity contribution in [3.05, 3.63) is 0 Å². The molecule has 1 N–H and O–H groups in total. The van der Waals surface area contributed by atoms with Gasteiger partial charge < -0.3 is 19.2 Å². The van der Waals surface area contributed by atoms with Crippen molar-refractivity contribution in [1.29, 1.82) is 0 Å². The Balaban J connectivity index is -0.0000000139. The summed E-state index contributed by atoms with van der Waals surface area (Å²) in [5, 5.41) is 0. The van der Waals surface area contributed by atoms with Gasteiger partial charge in [-0.25, -0.2) is 0 Å². The van der Waals surface area contributed by atoms with Crippen molar-refractivity contribution in [2.24, 2.45) is 0 Å². The molecular weight excluding hydrogens is 203 g/mol. The van der Waals surface area contributed by atoms with Crippen molar-refractivity contribution in [3.8, 4) is 0 Å². The van der Waals surface area contributed by atoms with E-state index in [0.29, 0.717) is 0 Å². The molecule has 0 rings (SSSR count). The van der Waals surface area contributed by atoms with E-state index in [4.69, 9.17) is 27.3 Å². The Morgan fingerprint density at radius 3 is 0.727 bits per heavy atom. The second-order valence-electron chi connectivity index (χ2n) is 0.0609. The van der Waals surface area contributed by atoms with E-state index in [1.165, 1.54) is 0 Å². The molecule has 0 atom stereocenters. The average molecular weight is 212 g/mol. The SMILES string of the molecule is C=O.C=O.C=O.C=O.[O]=[Co][OH]. The van der Waals surface area contributed by atoms with Crippen LogP contribution in [0.25, 0.3) is 0 Å². The maximum atomic E-state index is 8.45. The van der Waals surface area contributed by atoms with Gasteiger partial charge in [0.1, 0.15) is 27.2 Å². The summed E-state index contributed by atoms with van der Waals surface area (Å²) in [5.74, 6) is 0. The molecule has 70 valence electrons. The fourth-order valence-electron chi connectivity index (χ4n) is 0. The van der Waals surface area contributed by atoms with Gasteiger partial charge in [-0.2, -0.15) is 0 Å². The van der Waals surface area contributed by atoms with Gasteiger partial charge in [-0.15, -0.1) is 0 Å². The molecular formula is C4H9CoO6. The van der Waals surface area contributed by atoms with E-state index in [1.54, 1.807) is 0 Å². The Bertz CT molecular complexity index is 43.8. The molecule has 0 saturated heterocycles. The zero-order valence-corrected chi connectivity index (χ0v) is 6.69. The predicted octanol–water partition coefficient (Wildman–Crippen LogP) is -1.42. The van der Waals surface area contributed by atoms with Crippen molar-refractivity contribution >= 4 is 27.2 Å². The summed E-state index contributed by atoms with van der Waals surface area (Å²) in [7, 11) is 0. The van der Waals surface area contributed by atoms with E-state index in [9.17, 15) is 0 Å². The van der Waals surface area contributed by atoms with Crippen molar-refractivity contribution in [1.82, 2.24) is 0 Å². The topological polar surface area (TPSA) is 106 Å². The fraction of sp³-hybridized carbons (Fsp3) is 0. The van der Waals surface area contributed by atoms with Crippen molar-refractivity contribution in [3.63, 3.8) is 0 Å². The van der Waals surface area contributed by atoms with E-state index in [0.717, 1.165) is 0 Å². The molecule has 6 nitrogen and oxygen atoms in total. The van der Waals surface area contributed by atoms with Crippen molar-refractivity contribution in [2.45, 2.75) is 0 Å². The quantitative estimate of drug-likeness (QED) is 0.528. The van der Waals surface area contributed by atoms with Crippen LogP contribution in [0, 0.1) is 0 Å². The molecule has 0 bridgehead atoms. The molecule has 0 aromatic carbocycles. The summed E-state index contributed by atoms with van der Waals surface area (Å²) >= 11 is -0.812. The van der Waals surface area contributed by atoms with Gasteiger partial charge in [0, 0.05) is 0 Å². The molecule has 0 unspecified atom stereocenters. The van der Waals surface area contributed by atoms with E-state index < -0.39 is 15.0 Å². The van der Waals surface area contributed by atoms with Crippen LogP contribution in [0.5, 0.6) is 0 Å². The van der Waals surface area contributed by atoms with Crippen LogP contribution in [0.1, 0.15) is 0 Å². The minimum atomic E-state index is -0.812. The van der Waals surface area contributed by atoms with Gasteiger partial charge in [0.05, 0.1) is 0 Å². The predicted molar refractivity (Wildman–Crippen MR) is 31.4 cm³/mol. The standard InChI is InChI=1S/4CH2O.Co.H2O.O/c4*1-2;;;/h4*1H2;;1H2;/q;;;;+1;;/p-1. The van der Waals surface area contributed by atoms with Gasteiger partial charge in [0.2, 0.25) is 0 Å². The van der Waals surface area contributed by atoms with E-state index >= 15 is 0 Å². The minimum absolute atomic E-state index is 0.812. The first-order valence-corrected chi connectivity index (χ1v) is 2.33. The summed E-state index contributed by atoms with van der Waals surface area (Å²) < 4.78 is 15.4. The third-order valence-corrected chi connectivity index (χ3v) is 0. The van der Waals surface area contributed by atoms with Crippen LogP contribution in [-0.2, 0) is 38.0 Å². The summed E-state index contributed by atoms with van der Waals surface area (Å²) in [5.41, 5.74) is 0. The molecule has 0 saturated carbocycles. The van der Waals surface area contributed by atoms with Gasteiger partial charge in [-0.3, -0.25) is 0 Å². The van der Waals surface area contributed by atoms with E-state index in [1.807, 2.05) is 27.2 Å². The van der Waals surface area contributed by atoms with Crippen LogP contribution in [-0.4, -0.2) is 31.4 Å². The number of carbonyl (C=O) groups excluding carboxylic acids is 4. The Morgan fingerprint density at radius 1 is 0.727 bits per heavy atom. The molecule has 0 radical (unpaired) electrons. The number of rotatable bonds is 0. The third kappa shape index (κ3) is 389. The molecule has 0 fully saturated rings. The number of carbonyl (C=O) groups is 4. The van der Waals surface area contributed by atoms with Gasteiger partial charge in [-0.05, 0) is 0 Å². The number of hydrogen-bond donors (Lipinski definition) is 1. The molecule has 0 heterocycles. The zero-order chi connectivity index (χ0) is 10.7. The Morgan fingerprint density at radius 2 is 0.727 bits per heavy atom. The van der Waals surface area contributed by atoms with Gasteiger partial charge >= 0.3 is 23.0 Å². The van der Waals surface area contributed by atoms with Crippen LogP contribution in [0.15, 0.2) is 0 Å². The van der Waals surface area contributed by atoms with Crippen molar-refractivity contribution in [2.75, 3.05) is 0 Å². The normalized spacial score (nSPS) is 3.36. The molecule has 7 heteroatoms. The first-order valence-electron chi connectivity index (χ1n) is 1.44. The Labute approximate surface area is 70.1 Å². The summed E-state index contributed by atoms with van der Waals surface area (Å²) in [4.78, 5) is 32.0. The summed E-state index contributed by atoms with van der Waals surface area (Å²) in [6.45, 7) is 8.00. The zero-order valence-electron chi connectivity index (χ0n) is 5.65.